The molecule has 1 unspecified atom stereocenters. The lowest BCUT2D eigenvalue weighted by Crippen LogP contribution is -2.33. The topological polar surface area (TPSA) is 112 Å². The fourth-order valence-electron chi connectivity index (χ4n) is 2.22. The molecule has 1 saturated heterocycles. The fourth-order valence-corrected chi connectivity index (χ4v) is 5.03. The first-order valence-electron chi connectivity index (χ1n) is 5.30. The highest BCUT2D eigenvalue weighted by molar-refractivity contribution is 7.91. The first kappa shape index (κ1) is 13.3. The number of aromatic nitrogens is 2. The molecule has 1 aliphatic rings. The molecule has 102 valence electrons. The lowest BCUT2D eigenvalue weighted by Gasteiger charge is -2.24. The predicted molar refractivity (Wildman–Crippen MR) is 66.7 cm³/mol. The van der Waals surface area contributed by atoms with Crippen molar-refractivity contribution >= 4 is 25.5 Å². The molecule has 0 amide bonds. The standard InChI is InChI=1S/C9H15N3O4S2/c1-9(3-4-18(15,16)6-9)12-8(10)7(5-11-12)17(2,13)14/h5H,3-4,6,10H2,1-2H3. The zero-order valence-electron chi connectivity index (χ0n) is 10.1. The van der Waals surface area contributed by atoms with E-state index in [1.54, 1.807) is 6.92 Å². The van der Waals surface area contributed by atoms with Crippen molar-refractivity contribution in [1.29, 1.82) is 0 Å². The maximum atomic E-state index is 11.5. The van der Waals surface area contributed by atoms with Gasteiger partial charge in [0.15, 0.2) is 19.7 Å². The second-order valence-electron chi connectivity index (χ2n) is 4.92. The van der Waals surface area contributed by atoms with Gasteiger partial charge in [0.2, 0.25) is 0 Å². The SMILES string of the molecule is CC1(n2ncc(S(C)(=O)=O)c2N)CCS(=O)(=O)C1. The maximum Gasteiger partial charge on any atom is 0.180 e. The van der Waals surface area contributed by atoms with E-state index in [0.717, 1.165) is 6.26 Å². The second-order valence-corrected chi connectivity index (χ2v) is 9.09. The van der Waals surface area contributed by atoms with E-state index in [0.29, 0.717) is 6.42 Å². The van der Waals surface area contributed by atoms with Crippen molar-refractivity contribution in [1.82, 2.24) is 9.78 Å². The molecule has 2 rings (SSSR count). The first-order valence-corrected chi connectivity index (χ1v) is 9.01. The molecule has 18 heavy (non-hydrogen) atoms. The van der Waals surface area contributed by atoms with Crippen LogP contribution in [0.5, 0.6) is 0 Å². The minimum Gasteiger partial charge on any atom is -0.383 e. The molecule has 0 aliphatic carbocycles. The summed E-state index contributed by atoms with van der Waals surface area (Å²) < 4.78 is 47.3. The first-order chi connectivity index (χ1) is 8.05. The van der Waals surface area contributed by atoms with Gasteiger partial charge in [-0.3, -0.25) is 0 Å². The Bertz CT molecular complexity index is 689. The second kappa shape index (κ2) is 3.70. The van der Waals surface area contributed by atoms with Gasteiger partial charge in [0.05, 0.1) is 23.2 Å². The van der Waals surface area contributed by atoms with Crippen LogP contribution in [0.1, 0.15) is 13.3 Å². The van der Waals surface area contributed by atoms with Gasteiger partial charge in [-0.15, -0.1) is 0 Å². The summed E-state index contributed by atoms with van der Waals surface area (Å²) in [5.74, 6) is -0.0105. The van der Waals surface area contributed by atoms with E-state index < -0.39 is 25.2 Å². The van der Waals surface area contributed by atoms with Crippen LogP contribution in [0.25, 0.3) is 0 Å². The number of hydrogen-bond acceptors (Lipinski definition) is 6. The van der Waals surface area contributed by atoms with Crippen LogP contribution < -0.4 is 5.73 Å². The van der Waals surface area contributed by atoms with Crippen LogP contribution >= 0.6 is 0 Å². The average molecular weight is 293 g/mol. The minimum atomic E-state index is -3.46. The summed E-state index contributed by atoms with van der Waals surface area (Å²) in [6.07, 6.45) is 2.59. The van der Waals surface area contributed by atoms with Crippen LogP contribution in [0.15, 0.2) is 11.1 Å². The number of nitrogens with zero attached hydrogens (tertiary/aromatic N) is 2. The molecular formula is C9H15N3O4S2. The van der Waals surface area contributed by atoms with Gasteiger partial charge in [-0.1, -0.05) is 0 Å². The lowest BCUT2D eigenvalue weighted by molar-refractivity contribution is 0.334. The quantitative estimate of drug-likeness (QED) is 0.779. The Morgan fingerprint density at radius 2 is 2.11 bits per heavy atom. The summed E-state index contributed by atoms with van der Waals surface area (Å²) in [4.78, 5) is -0.0620. The molecule has 0 aromatic carbocycles. The van der Waals surface area contributed by atoms with E-state index >= 15 is 0 Å². The monoisotopic (exact) mass is 293 g/mol. The molecule has 1 fully saturated rings. The highest BCUT2D eigenvalue weighted by atomic mass is 32.2. The highest BCUT2D eigenvalue weighted by Crippen LogP contribution is 2.33. The van der Waals surface area contributed by atoms with Crippen LogP contribution in [0.4, 0.5) is 5.82 Å². The zero-order chi connectivity index (χ0) is 13.8. The maximum absolute atomic E-state index is 11.5. The zero-order valence-corrected chi connectivity index (χ0v) is 11.8. The molecule has 7 nitrogen and oxygen atoms in total. The van der Waals surface area contributed by atoms with Crippen molar-refractivity contribution in [3.63, 3.8) is 0 Å². The number of nitrogen functional groups attached to an aromatic ring is 1. The summed E-state index contributed by atoms with van der Waals surface area (Å²) in [5, 5.41) is 3.95. The number of anilines is 1. The Balaban J connectivity index is 2.52. The van der Waals surface area contributed by atoms with E-state index in [2.05, 4.69) is 5.10 Å². The van der Waals surface area contributed by atoms with Gasteiger partial charge < -0.3 is 5.73 Å². The van der Waals surface area contributed by atoms with Crippen LogP contribution in [-0.4, -0.2) is 44.4 Å². The number of sulfone groups is 2. The molecule has 1 aromatic heterocycles. The van der Waals surface area contributed by atoms with Crippen molar-refractivity contribution < 1.29 is 16.8 Å². The van der Waals surface area contributed by atoms with E-state index in [4.69, 9.17) is 5.73 Å². The number of rotatable bonds is 2. The molecule has 1 atom stereocenters. The van der Waals surface area contributed by atoms with Gasteiger partial charge in [-0.2, -0.15) is 5.10 Å². The molecule has 0 radical (unpaired) electrons. The minimum absolute atomic E-state index is 0.00269. The van der Waals surface area contributed by atoms with Gasteiger partial charge in [-0.25, -0.2) is 21.5 Å². The molecule has 2 heterocycles. The number of hydrogen-bond donors (Lipinski definition) is 1. The third kappa shape index (κ3) is 2.12. The summed E-state index contributed by atoms with van der Waals surface area (Å²) in [7, 11) is -6.57. The third-order valence-corrected chi connectivity index (χ3v) is 6.17. The van der Waals surface area contributed by atoms with Crippen molar-refractivity contribution in [3.8, 4) is 0 Å². The van der Waals surface area contributed by atoms with Gasteiger partial charge >= 0.3 is 0 Å². The van der Waals surface area contributed by atoms with Gasteiger partial charge in [0.1, 0.15) is 10.7 Å². The van der Waals surface area contributed by atoms with Crippen molar-refractivity contribution in [2.75, 3.05) is 23.5 Å². The van der Waals surface area contributed by atoms with Crippen LogP contribution in [0.3, 0.4) is 0 Å². The fraction of sp³-hybridized carbons (Fsp3) is 0.667. The van der Waals surface area contributed by atoms with Crippen molar-refractivity contribution in [3.05, 3.63) is 6.20 Å². The summed E-state index contributed by atoms with van der Waals surface area (Å²) in [5.41, 5.74) is 5.00. The molecule has 9 heteroatoms. The van der Waals surface area contributed by atoms with E-state index in [9.17, 15) is 16.8 Å². The van der Waals surface area contributed by atoms with E-state index in [1.165, 1.54) is 10.9 Å². The predicted octanol–water partition coefficient (Wildman–Crippen LogP) is -0.597. The van der Waals surface area contributed by atoms with Crippen LogP contribution in [-0.2, 0) is 25.2 Å². The third-order valence-electron chi connectivity index (χ3n) is 3.16. The molecule has 2 N–H and O–H groups in total. The van der Waals surface area contributed by atoms with Gasteiger partial charge in [-0.05, 0) is 13.3 Å². The normalized spacial score (nSPS) is 27.4. The Morgan fingerprint density at radius 3 is 2.50 bits per heavy atom. The summed E-state index contributed by atoms with van der Waals surface area (Å²) in [6.45, 7) is 1.72. The van der Waals surface area contributed by atoms with Crippen LogP contribution in [0, 0.1) is 0 Å². The Hall–Kier alpha value is -1.09. The summed E-state index contributed by atoms with van der Waals surface area (Å²) in [6, 6.07) is 0. The molecule has 0 bridgehead atoms. The van der Waals surface area contributed by atoms with Gasteiger partial charge in [0, 0.05) is 6.26 Å². The highest BCUT2D eigenvalue weighted by Gasteiger charge is 2.42. The Kier molecular flexibility index (Phi) is 2.74. The van der Waals surface area contributed by atoms with E-state index in [-0.39, 0.29) is 22.2 Å². The molecule has 1 aliphatic heterocycles. The average Bonchev–Trinajstić information content (AvgIpc) is 2.67. The molecule has 0 spiro atoms. The summed E-state index contributed by atoms with van der Waals surface area (Å²) >= 11 is 0. The van der Waals surface area contributed by atoms with Crippen molar-refractivity contribution in [2.24, 2.45) is 0 Å². The van der Waals surface area contributed by atoms with E-state index in [1.807, 2.05) is 0 Å². The Labute approximate surface area is 106 Å². The van der Waals surface area contributed by atoms with Crippen molar-refractivity contribution in [2.45, 2.75) is 23.8 Å². The lowest BCUT2D eigenvalue weighted by atomic mass is 10.0. The molecular weight excluding hydrogens is 278 g/mol. The largest absolute Gasteiger partial charge is 0.383 e. The number of nitrogens with two attached hydrogens (primary N) is 1. The molecule has 0 saturated carbocycles. The van der Waals surface area contributed by atoms with Crippen LogP contribution in [0.2, 0.25) is 0 Å². The smallest absolute Gasteiger partial charge is 0.180 e. The molecule has 1 aromatic rings. The Morgan fingerprint density at radius 1 is 1.50 bits per heavy atom. The van der Waals surface area contributed by atoms with Gasteiger partial charge in [0.25, 0.3) is 0 Å².